The maximum Gasteiger partial charge on any atom is 0.178 e. The van der Waals surface area contributed by atoms with Crippen molar-refractivity contribution in [1.82, 2.24) is 0 Å². The lowest BCUT2D eigenvalue weighted by atomic mass is 9.83. The molecule has 1 saturated heterocycles. The van der Waals surface area contributed by atoms with Crippen molar-refractivity contribution in [2.75, 3.05) is 0 Å². The standard InChI is InChI=1S/C13H18O2S/c1-12(2)8-9(13(3,4)15-12)11(14)10-6-5-7-16-10/h5-7,9H,8H2,1-4H3. The molecule has 1 unspecified atom stereocenters. The van der Waals surface area contributed by atoms with Crippen LogP contribution in [0.3, 0.4) is 0 Å². The van der Waals surface area contributed by atoms with Crippen LogP contribution in [0.15, 0.2) is 17.5 Å². The molecule has 2 nitrogen and oxygen atoms in total. The molecule has 2 heterocycles. The van der Waals surface area contributed by atoms with Crippen LogP contribution in [0.1, 0.15) is 43.8 Å². The van der Waals surface area contributed by atoms with Gasteiger partial charge in [-0.1, -0.05) is 6.07 Å². The second-order valence-electron chi connectivity index (χ2n) is 5.56. The molecule has 1 aromatic rings. The van der Waals surface area contributed by atoms with Gasteiger partial charge in [-0.25, -0.2) is 0 Å². The zero-order valence-corrected chi connectivity index (χ0v) is 11.1. The van der Waals surface area contributed by atoms with Crippen LogP contribution in [0.5, 0.6) is 0 Å². The molecule has 0 bridgehead atoms. The van der Waals surface area contributed by atoms with Gasteiger partial charge in [0.1, 0.15) is 0 Å². The Kier molecular flexibility index (Phi) is 2.71. The number of ketones is 1. The van der Waals surface area contributed by atoms with Crippen molar-refractivity contribution in [2.45, 2.75) is 45.3 Å². The van der Waals surface area contributed by atoms with Crippen molar-refractivity contribution in [3.05, 3.63) is 22.4 Å². The first-order chi connectivity index (χ1) is 7.32. The normalized spacial score (nSPS) is 26.9. The molecular formula is C13H18O2S. The van der Waals surface area contributed by atoms with Gasteiger partial charge in [-0.15, -0.1) is 11.3 Å². The summed E-state index contributed by atoms with van der Waals surface area (Å²) in [6.07, 6.45) is 0.802. The minimum absolute atomic E-state index is 0.0267. The number of Topliss-reactive ketones (excluding diaryl/α,β-unsaturated/α-hetero) is 1. The zero-order valence-electron chi connectivity index (χ0n) is 10.2. The Labute approximate surface area is 101 Å². The van der Waals surface area contributed by atoms with Gasteiger partial charge in [0.15, 0.2) is 5.78 Å². The summed E-state index contributed by atoms with van der Waals surface area (Å²) in [5, 5.41) is 1.95. The number of ether oxygens (including phenoxy) is 1. The van der Waals surface area contributed by atoms with Crippen LogP contribution in [0.2, 0.25) is 0 Å². The lowest BCUT2D eigenvalue weighted by Gasteiger charge is -2.26. The number of hydrogen-bond donors (Lipinski definition) is 0. The molecule has 0 saturated carbocycles. The second kappa shape index (κ2) is 3.67. The van der Waals surface area contributed by atoms with Gasteiger partial charge in [0.2, 0.25) is 0 Å². The monoisotopic (exact) mass is 238 g/mol. The van der Waals surface area contributed by atoms with Crippen molar-refractivity contribution in [3.8, 4) is 0 Å². The van der Waals surface area contributed by atoms with Gasteiger partial charge in [-0.3, -0.25) is 4.79 Å². The molecule has 2 rings (SSSR count). The first-order valence-electron chi connectivity index (χ1n) is 5.60. The fraction of sp³-hybridized carbons (Fsp3) is 0.615. The third kappa shape index (κ3) is 2.06. The smallest absolute Gasteiger partial charge is 0.178 e. The molecule has 1 aliphatic rings. The van der Waals surface area contributed by atoms with Gasteiger partial charge in [0.25, 0.3) is 0 Å². The number of hydrogen-bond acceptors (Lipinski definition) is 3. The van der Waals surface area contributed by atoms with Crippen LogP contribution in [0.4, 0.5) is 0 Å². The SMILES string of the molecule is CC1(C)CC(C(=O)c2cccs2)C(C)(C)O1. The van der Waals surface area contributed by atoms with Crippen LogP contribution < -0.4 is 0 Å². The molecule has 0 amide bonds. The molecule has 1 fully saturated rings. The van der Waals surface area contributed by atoms with E-state index in [4.69, 9.17) is 4.74 Å². The zero-order chi connectivity index (χ0) is 12.0. The highest BCUT2D eigenvalue weighted by Crippen LogP contribution is 2.43. The van der Waals surface area contributed by atoms with Gasteiger partial charge in [0, 0.05) is 0 Å². The Morgan fingerprint density at radius 3 is 2.56 bits per heavy atom. The van der Waals surface area contributed by atoms with E-state index in [1.165, 1.54) is 11.3 Å². The van der Waals surface area contributed by atoms with E-state index in [2.05, 4.69) is 13.8 Å². The number of carbonyl (C=O) groups is 1. The van der Waals surface area contributed by atoms with E-state index in [9.17, 15) is 4.79 Å². The second-order valence-corrected chi connectivity index (χ2v) is 6.51. The molecular weight excluding hydrogens is 220 g/mol. The van der Waals surface area contributed by atoms with E-state index >= 15 is 0 Å². The average molecular weight is 238 g/mol. The minimum Gasteiger partial charge on any atom is -0.369 e. The van der Waals surface area contributed by atoms with Gasteiger partial charge in [0.05, 0.1) is 22.0 Å². The molecule has 1 aliphatic heterocycles. The summed E-state index contributed by atoms with van der Waals surface area (Å²) in [5.41, 5.74) is -0.550. The third-order valence-electron chi connectivity index (χ3n) is 3.15. The van der Waals surface area contributed by atoms with Crippen molar-refractivity contribution in [3.63, 3.8) is 0 Å². The van der Waals surface area contributed by atoms with E-state index < -0.39 is 0 Å². The number of carbonyl (C=O) groups excluding carboxylic acids is 1. The van der Waals surface area contributed by atoms with Crippen LogP contribution in [0, 0.1) is 5.92 Å². The largest absolute Gasteiger partial charge is 0.369 e. The van der Waals surface area contributed by atoms with Crippen LogP contribution in [-0.4, -0.2) is 17.0 Å². The summed E-state index contributed by atoms with van der Waals surface area (Å²) < 4.78 is 5.95. The van der Waals surface area contributed by atoms with Gasteiger partial charge < -0.3 is 4.74 Å². The molecule has 1 atom stereocenters. The average Bonchev–Trinajstić information content (AvgIpc) is 2.69. The Hall–Kier alpha value is -0.670. The Morgan fingerprint density at radius 2 is 2.12 bits per heavy atom. The van der Waals surface area contributed by atoms with E-state index in [-0.39, 0.29) is 22.9 Å². The predicted molar refractivity (Wildman–Crippen MR) is 66.0 cm³/mol. The molecule has 0 N–H and O–H groups in total. The molecule has 16 heavy (non-hydrogen) atoms. The van der Waals surface area contributed by atoms with E-state index in [0.717, 1.165) is 11.3 Å². The number of rotatable bonds is 2. The fourth-order valence-electron chi connectivity index (χ4n) is 2.56. The summed E-state index contributed by atoms with van der Waals surface area (Å²) >= 11 is 1.51. The van der Waals surface area contributed by atoms with Gasteiger partial charge in [-0.05, 0) is 45.6 Å². The maximum atomic E-state index is 12.3. The van der Waals surface area contributed by atoms with E-state index in [0.29, 0.717) is 0 Å². The Bertz CT molecular complexity index is 390. The molecule has 0 aliphatic carbocycles. The first kappa shape index (κ1) is 11.8. The lowest BCUT2D eigenvalue weighted by molar-refractivity contribution is -0.0712. The van der Waals surface area contributed by atoms with Crippen LogP contribution in [0.25, 0.3) is 0 Å². The van der Waals surface area contributed by atoms with Crippen LogP contribution >= 0.6 is 11.3 Å². The van der Waals surface area contributed by atoms with Crippen molar-refractivity contribution in [1.29, 1.82) is 0 Å². The molecule has 0 radical (unpaired) electrons. The summed E-state index contributed by atoms with van der Waals surface area (Å²) in [6, 6.07) is 3.82. The topological polar surface area (TPSA) is 26.3 Å². The predicted octanol–water partition coefficient (Wildman–Crippen LogP) is 3.52. The molecule has 0 aromatic carbocycles. The van der Waals surface area contributed by atoms with E-state index in [1.807, 2.05) is 31.4 Å². The Morgan fingerprint density at radius 1 is 1.44 bits per heavy atom. The number of thiophene rings is 1. The summed E-state index contributed by atoms with van der Waals surface area (Å²) in [4.78, 5) is 13.2. The highest BCUT2D eigenvalue weighted by atomic mass is 32.1. The summed E-state index contributed by atoms with van der Waals surface area (Å²) in [5.74, 6) is 0.201. The third-order valence-corrected chi connectivity index (χ3v) is 4.04. The fourth-order valence-corrected chi connectivity index (χ4v) is 3.28. The molecule has 1 aromatic heterocycles. The van der Waals surface area contributed by atoms with Gasteiger partial charge >= 0.3 is 0 Å². The highest BCUT2D eigenvalue weighted by molar-refractivity contribution is 7.12. The lowest BCUT2D eigenvalue weighted by Crippen LogP contribution is -2.33. The van der Waals surface area contributed by atoms with Crippen molar-refractivity contribution in [2.24, 2.45) is 5.92 Å². The van der Waals surface area contributed by atoms with E-state index in [1.54, 1.807) is 0 Å². The first-order valence-corrected chi connectivity index (χ1v) is 6.48. The molecule has 88 valence electrons. The van der Waals surface area contributed by atoms with Gasteiger partial charge in [-0.2, -0.15) is 0 Å². The Balaban J connectivity index is 2.25. The molecule has 3 heteroatoms. The van der Waals surface area contributed by atoms with Crippen molar-refractivity contribution < 1.29 is 9.53 Å². The quantitative estimate of drug-likeness (QED) is 0.737. The molecule has 0 spiro atoms. The maximum absolute atomic E-state index is 12.3. The summed E-state index contributed by atoms with van der Waals surface area (Å²) in [7, 11) is 0. The summed E-state index contributed by atoms with van der Waals surface area (Å²) in [6.45, 7) is 8.13. The van der Waals surface area contributed by atoms with Crippen LogP contribution in [-0.2, 0) is 4.74 Å². The highest BCUT2D eigenvalue weighted by Gasteiger charge is 2.49. The minimum atomic E-state index is -0.357. The van der Waals surface area contributed by atoms with Crippen molar-refractivity contribution >= 4 is 17.1 Å².